The molecule has 1 atom stereocenters. The van der Waals surface area contributed by atoms with Crippen LogP contribution < -0.4 is 11.1 Å². The fourth-order valence-corrected chi connectivity index (χ4v) is 2.39. The van der Waals surface area contributed by atoms with Gasteiger partial charge < -0.3 is 11.1 Å². The topological polar surface area (TPSA) is 58.4 Å². The number of halogens is 2. The minimum Gasteiger partial charge on any atom is -0.326 e. The lowest BCUT2D eigenvalue weighted by atomic mass is 10.2. The van der Waals surface area contributed by atoms with Crippen molar-refractivity contribution in [2.24, 2.45) is 5.73 Å². The predicted molar refractivity (Wildman–Crippen MR) is 81.1 cm³/mol. The van der Waals surface area contributed by atoms with Gasteiger partial charge in [0.05, 0.1) is 6.54 Å². The molecule has 1 fully saturated rings. The van der Waals surface area contributed by atoms with Gasteiger partial charge in [0.2, 0.25) is 5.91 Å². The van der Waals surface area contributed by atoms with Gasteiger partial charge in [-0.1, -0.05) is 11.6 Å². The lowest BCUT2D eigenvalue weighted by molar-refractivity contribution is -0.117. The third-order valence-electron chi connectivity index (χ3n) is 3.14. The van der Waals surface area contributed by atoms with Crippen LogP contribution in [0, 0.1) is 6.92 Å². The Morgan fingerprint density at radius 1 is 1.58 bits per heavy atom. The summed E-state index contributed by atoms with van der Waals surface area (Å²) in [6, 6.07) is 5.64. The molecule has 1 heterocycles. The number of anilines is 1. The van der Waals surface area contributed by atoms with Crippen molar-refractivity contribution in [1.82, 2.24) is 4.90 Å². The van der Waals surface area contributed by atoms with Gasteiger partial charge in [0.15, 0.2) is 0 Å². The summed E-state index contributed by atoms with van der Waals surface area (Å²) in [5.41, 5.74) is 7.59. The largest absolute Gasteiger partial charge is 0.326 e. The Balaban J connectivity index is 0.00000180. The standard InChI is InChI=1S/C13H18ClN3O.ClH/c1-9-6-10(14)2-3-12(9)16-13(18)8-17-5-4-11(15)7-17;/h2-3,6,11H,4-5,7-8,15H2,1H3,(H,16,18);1H/t11-;/m1./s1. The average Bonchev–Trinajstić information content (AvgIpc) is 2.68. The Kier molecular flexibility index (Phi) is 6.07. The van der Waals surface area contributed by atoms with E-state index in [0.29, 0.717) is 11.6 Å². The summed E-state index contributed by atoms with van der Waals surface area (Å²) in [7, 11) is 0. The van der Waals surface area contributed by atoms with Gasteiger partial charge in [0.25, 0.3) is 0 Å². The molecule has 0 radical (unpaired) electrons. The van der Waals surface area contributed by atoms with Crippen LogP contribution in [-0.2, 0) is 4.79 Å². The summed E-state index contributed by atoms with van der Waals surface area (Å²) < 4.78 is 0. The molecule has 1 saturated heterocycles. The van der Waals surface area contributed by atoms with E-state index in [1.165, 1.54) is 0 Å². The number of carbonyl (C=O) groups is 1. The molecule has 1 aliphatic heterocycles. The molecule has 19 heavy (non-hydrogen) atoms. The van der Waals surface area contributed by atoms with Crippen molar-refractivity contribution < 1.29 is 4.79 Å². The second-order valence-corrected chi connectivity index (χ2v) is 5.23. The fourth-order valence-electron chi connectivity index (χ4n) is 2.17. The highest BCUT2D eigenvalue weighted by molar-refractivity contribution is 6.30. The van der Waals surface area contributed by atoms with E-state index in [4.69, 9.17) is 17.3 Å². The van der Waals surface area contributed by atoms with Crippen LogP contribution in [-0.4, -0.2) is 36.5 Å². The van der Waals surface area contributed by atoms with Gasteiger partial charge in [-0.3, -0.25) is 9.69 Å². The SMILES string of the molecule is Cc1cc(Cl)ccc1NC(=O)CN1CC[C@@H](N)C1.Cl. The first-order chi connectivity index (χ1) is 8.54. The molecular formula is C13H19Cl2N3O. The number of hydrogen-bond acceptors (Lipinski definition) is 3. The van der Waals surface area contributed by atoms with Crippen LogP contribution in [0.15, 0.2) is 18.2 Å². The first-order valence-electron chi connectivity index (χ1n) is 6.08. The second-order valence-electron chi connectivity index (χ2n) is 4.79. The molecule has 3 N–H and O–H groups in total. The van der Waals surface area contributed by atoms with Crippen LogP contribution in [0.5, 0.6) is 0 Å². The van der Waals surface area contributed by atoms with E-state index in [9.17, 15) is 4.79 Å². The molecule has 0 spiro atoms. The third-order valence-corrected chi connectivity index (χ3v) is 3.37. The molecule has 1 aromatic carbocycles. The average molecular weight is 304 g/mol. The Morgan fingerprint density at radius 3 is 2.89 bits per heavy atom. The van der Waals surface area contributed by atoms with Gasteiger partial charge in [-0.25, -0.2) is 0 Å². The molecule has 4 nitrogen and oxygen atoms in total. The number of hydrogen-bond donors (Lipinski definition) is 2. The normalized spacial score (nSPS) is 19.0. The first-order valence-corrected chi connectivity index (χ1v) is 6.46. The highest BCUT2D eigenvalue weighted by Gasteiger charge is 2.21. The fraction of sp³-hybridized carbons (Fsp3) is 0.462. The number of nitrogens with zero attached hydrogens (tertiary/aromatic N) is 1. The van der Waals surface area contributed by atoms with Crippen LogP contribution in [0.2, 0.25) is 5.02 Å². The number of likely N-dealkylation sites (tertiary alicyclic amines) is 1. The number of amides is 1. The molecule has 6 heteroatoms. The van der Waals surface area contributed by atoms with Crippen LogP contribution in [0.25, 0.3) is 0 Å². The summed E-state index contributed by atoms with van der Waals surface area (Å²) in [5.74, 6) is -0.00507. The zero-order valence-corrected chi connectivity index (χ0v) is 12.4. The van der Waals surface area contributed by atoms with E-state index in [1.54, 1.807) is 6.07 Å². The van der Waals surface area contributed by atoms with E-state index < -0.39 is 0 Å². The number of benzene rings is 1. The molecule has 0 aliphatic carbocycles. The molecule has 0 saturated carbocycles. The van der Waals surface area contributed by atoms with Crippen molar-refractivity contribution in [1.29, 1.82) is 0 Å². The highest BCUT2D eigenvalue weighted by atomic mass is 35.5. The lowest BCUT2D eigenvalue weighted by Crippen LogP contribution is -2.33. The number of rotatable bonds is 3. The van der Waals surface area contributed by atoms with Crippen LogP contribution >= 0.6 is 24.0 Å². The van der Waals surface area contributed by atoms with E-state index in [1.807, 2.05) is 19.1 Å². The molecule has 1 aromatic rings. The molecule has 1 amide bonds. The summed E-state index contributed by atoms with van der Waals surface area (Å²) in [6.45, 7) is 4.02. The van der Waals surface area contributed by atoms with Crippen LogP contribution in [0.4, 0.5) is 5.69 Å². The zero-order valence-electron chi connectivity index (χ0n) is 10.9. The van der Waals surface area contributed by atoms with Crippen molar-refractivity contribution >= 4 is 35.6 Å². The van der Waals surface area contributed by atoms with Crippen LogP contribution in [0.1, 0.15) is 12.0 Å². The minimum atomic E-state index is -0.00507. The Labute approximate surface area is 124 Å². The maximum atomic E-state index is 11.9. The van der Waals surface area contributed by atoms with Crippen molar-refractivity contribution in [3.63, 3.8) is 0 Å². The molecule has 1 aliphatic rings. The van der Waals surface area contributed by atoms with E-state index >= 15 is 0 Å². The van der Waals surface area contributed by atoms with Gasteiger partial charge >= 0.3 is 0 Å². The number of nitrogens with one attached hydrogen (secondary N) is 1. The Hall–Kier alpha value is -0.810. The lowest BCUT2D eigenvalue weighted by Gasteiger charge is -2.15. The van der Waals surface area contributed by atoms with Crippen molar-refractivity contribution in [2.45, 2.75) is 19.4 Å². The monoisotopic (exact) mass is 303 g/mol. The summed E-state index contributed by atoms with van der Waals surface area (Å²) in [5, 5.41) is 3.58. The first kappa shape index (κ1) is 16.2. The van der Waals surface area contributed by atoms with Crippen molar-refractivity contribution in [3.05, 3.63) is 28.8 Å². The summed E-state index contributed by atoms with van der Waals surface area (Å²) in [6.07, 6.45) is 0.966. The van der Waals surface area contributed by atoms with Gasteiger partial charge in [-0.2, -0.15) is 0 Å². The smallest absolute Gasteiger partial charge is 0.238 e. The van der Waals surface area contributed by atoms with Gasteiger partial charge in [0, 0.05) is 29.8 Å². The molecule has 2 rings (SSSR count). The number of nitrogens with two attached hydrogens (primary N) is 1. The molecular weight excluding hydrogens is 285 g/mol. The van der Waals surface area contributed by atoms with Crippen molar-refractivity contribution in [3.8, 4) is 0 Å². The van der Waals surface area contributed by atoms with E-state index in [-0.39, 0.29) is 24.4 Å². The molecule has 0 unspecified atom stereocenters. The highest BCUT2D eigenvalue weighted by Crippen LogP contribution is 2.19. The minimum absolute atomic E-state index is 0. The van der Waals surface area contributed by atoms with Gasteiger partial charge in [0.1, 0.15) is 0 Å². The van der Waals surface area contributed by atoms with Crippen molar-refractivity contribution in [2.75, 3.05) is 25.0 Å². The summed E-state index contributed by atoms with van der Waals surface area (Å²) >= 11 is 5.87. The maximum Gasteiger partial charge on any atom is 0.238 e. The maximum absolute atomic E-state index is 11.9. The van der Waals surface area contributed by atoms with Gasteiger partial charge in [-0.15, -0.1) is 12.4 Å². The number of aryl methyl sites for hydroxylation is 1. The number of carbonyl (C=O) groups excluding carboxylic acids is 1. The Bertz CT molecular complexity index is 454. The third kappa shape index (κ3) is 4.66. The van der Waals surface area contributed by atoms with Crippen LogP contribution in [0.3, 0.4) is 0 Å². The second kappa shape index (κ2) is 7.10. The molecule has 106 valence electrons. The van der Waals surface area contributed by atoms with E-state index in [2.05, 4.69) is 10.2 Å². The predicted octanol–water partition coefficient (Wildman–Crippen LogP) is 2.04. The quantitative estimate of drug-likeness (QED) is 0.898. The Morgan fingerprint density at radius 2 is 2.32 bits per heavy atom. The molecule has 0 bridgehead atoms. The summed E-state index contributed by atoms with van der Waals surface area (Å²) in [4.78, 5) is 14.0. The van der Waals surface area contributed by atoms with E-state index in [0.717, 1.165) is 30.8 Å². The van der Waals surface area contributed by atoms with Gasteiger partial charge in [-0.05, 0) is 37.1 Å². The molecule has 0 aromatic heterocycles. The zero-order chi connectivity index (χ0) is 13.1.